The number of hydrogen-bond donors (Lipinski definition) is 2. The standard InChI is InChI=1S/C21H18N2O4/c1-2-26-21(25)18-17(13-8-10-15(24)11-9-13)16(12-22)20(23)27-19(18)14-6-4-3-5-7-14/h3-11,17,24H,2,23H2,1H3. The summed E-state index contributed by atoms with van der Waals surface area (Å²) in [6, 6.07) is 17.3. The van der Waals surface area contributed by atoms with E-state index in [9.17, 15) is 15.2 Å². The van der Waals surface area contributed by atoms with E-state index in [1.807, 2.05) is 24.3 Å². The molecule has 0 amide bonds. The van der Waals surface area contributed by atoms with E-state index in [1.54, 1.807) is 31.2 Å². The minimum absolute atomic E-state index is 0.0672. The molecule has 1 unspecified atom stereocenters. The maximum absolute atomic E-state index is 12.8. The van der Waals surface area contributed by atoms with E-state index in [1.165, 1.54) is 12.1 Å². The molecule has 0 saturated carbocycles. The van der Waals surface area contributed by atoms with Crippen molar-refractivity contribution >= 4 is 11.7 Å². The molecule has 6 nitrogen and oxygen atoms in total. The van der Waals surface area contributed by atoms with E-state index < -0.39 is 11.9 Å². The third-order valence-corrected chi connectivity index (χ3v) is 4.18. The zero-order valence-corrected chi connectivity index (χ0v) is 14.7. The van der Waals surface area contributed by atoms with Crippen LogP contribution < -0.4 is 5.73 Å². The van der Waals surface area contributed by atoms with Gasteiger partial charge in [-0.05, 0) is 24.6 Å². The molecule has 1 atom stereocenters. The first kappa shape index (κ1) is 18.1. The van der Waals surface area contributed by atoms with Gasteiger partial charge in [-0.15, -0.1) is 0 Å². The summed E-state index contributed by atoms with van der Waals surface area (Å²) in [5.41, 5.74) is 7.58. The zero-order chi connectivity index (χ0) is 19.4. The Bertz CT molecular complexity index is 954. The highest BCUT2D eigenvalue weighted by Gasteiger charge is 2.38. The summed E-state index contributed by atoms with van der Waals surface area (Å²) in [5.74, 6) is -1.09. The van der Waals surface area contributed by atoms with Crippen molar-refractivity contribution in [1.29, 1.82) is 5.26 Å². The van der Waals surface area contributed by atoms with E-state index in [2.05, 4.69) is 0 Å². The number of nitriles is 1. The maximum Gasteiger partial charge on any atom is 0.338 e. The van der Waals surface area contributed by atoms with Crippen molar-refractivity contribution in [2.45, 2.75) is 12.8 Å². The van der Waals surface area contributed by atoms with Gasteiger partial charge in [0.1, 0.15) is 23.2 Å². The number of ether oxygens (including phenoxy) is 2. The van der Waals surface area contributed by atoms with Crippen LogP contribution in [0, 0.1) is 11.3 Å². The van der Waals surface area contributed by atoms with Gasteiger partial charge in [-0.25, -0.2) is 4.79 Å². The van der Waals surface area contributed by atoms with Gasteiger partial charge in [0, 0.05) is 5.56 Å². The fraction of sp³-hybridized carbons (Fsp3) is 0.143. The van der Waals surface area contributed by atoms with Crippen LogP contribution in [0.4, 0.5) is 0 Å². The molecule has 0 radical (unpaired) electrons. The number of aromatic hydroxyl groups is 1. The second kappa shape index (κ2) is 7.67. The number of nitrogens with zero attached hydrogens (tertiary/aromatic N) is 1. The number of carbonyl (C=O) groups is 1. The minimum Gasteiger partial charge on any atom is -0.508 e. The summed E-state index contributed by atoms with van der Waals surface area (Å²) in [7, 11) is 0. The van der Waals surface area contributed by atoms with Crippen molar-refractivity contribution in [3.63, 3.8) is 0 Å². The minimum atomic E-state index is -0.765. The second-order valence-electron chi connectivity index (χ2n) is 5.85. The van der Waals surface area contributed by atoms with Crippen molar-refractivity contribution in [2.24, 2.45) is 5.73 Å². The van der Waals surface area contributed by atoms with Crippen LogP contribution in [0.15, 0.2) is 71.6 Å². The average molecular weight is 362 g/mol. The molecular weight excluding hydrogens is 344 g/mol. The molecule has 0 fully saturated rings. The normalized spacial score (nSPS) is 16.5. The number of allylic oxidation sites excluding steroid dienone is 1. The molecule has 0 aliphatic carbocycles. The second-order valence-corrected chi connectivity index (χ2v) is 5.85. The first-order valence-corrected chi connectivity index (χ1v) is 8.40. The number of hydrogen-bond acceptors (Lipinski definition) is 6. The Morgan fingerprint density at radius 2 is 1.89 bits per heavy atom. The third kappa shape index (κ3) is 3.48. The monoisotopic (exact) mass is 362 g/mol. The van der Waals surface area contributed by atoms with Gasteiger partial charge in [0.15, 0.2) is 0 Å². The Balaban J connectivity index is 2.26. The molecule has 2 aromatic carbocycles. The highest BCUT2D eigenvalue weighted by Crippen LogP contribution is 2.43. The SMILES string of the molecule is CCOC(=O)C1=C(c2ccccc2)OC(N)=C(C#N)C1c1ccc(O)cc1. The van der Waals surface area contributed by atoms with Gasteiger partial charge in [0.25, 0.3) is 0 Å². The molecule has 3 rings (SSSR count). The van der Waals surface area contributed by atoms with Gasteiger partial charge in [0.05, 0.1) is 18.1 Å². The van der Waals surface area contributed by atoms with Crippen LogP contribution in [-0.2, 0) is 14.3 Å². The molecule has 136 valence electrons. The Kier molecular flexibility index (Phi) is 5.13. The van der Waals surface area contributed by atoms with Crippen molar-refractivity contribution in [2.75, 3.05) is 6.61 Å². The summed E-state index contributed by atoms with van der Waals surface area (Å²) in [6.07, 6.45) is 0. The van der Waals surface area contributed by atoms with Gasteiger partial charge in [0.2, 0.25) is 5.88 Å². The van der Waals surface area contributed by atoms with Gasteiger partial charge in [-0.1, -0.05) is 42.5 Å². The van der Waals surface area contributed by atoms with E-state index in [0.29, 0.717) is 11.1 Å². The lowest BCUT2D eigenvalue weighted by Gasteiger charge is -2.28. The summed E-state index contributed by atoms with van der Waals surface area (Å²) < 4.78 is 10.9. The predicted molar refractivity (Wildman–Crippen MR) is 98.8 cm³/mol. The fourth-order valence-electron chi connectivity index (χ4n) is 2.98. The molecular formula is C21H18N2O4. The molecule has 2 aromatic rings. The quantitative estimate of drug-likeness (QED) is 0.809. The maximum atomic E-state index is 12.8. The largest absolute Gasteiger partial charge is 0.508 e. The number of rotatable bonds is 4. The number of esters is 1. The Morgan fingerprint density at radius 1 is 1.22 bits per heavy atom. The summed E-state index contributed by atoms with van der Waals surface area (Å²) in [4.78, 5) is 12.8. The number of nitrogens with two attached hydrogens (primary N) is 1. The first-order chi connectivity index (χ1) is 13.1. The predicted octanol–water partition coefficient (Wildman–Crippen LogP) is 3.17. The molecule has 1 heterocycles. The van der Waals surface area contributed by atoms with Crippen LogP contribution in [0.2, 0.25) is 0 Å². The number of carbonyl (C=O) groups excluding carboxylic acids is 1. The third-order valence-electron chi connectivity index (χ3n) is 4.18. The number of benzene rings is 2. The average Bonchev–Trinajstić information content (AvgIpc) is 2.68. The van der Waals surface area contributed by atoms with Crippen LogP contribution in [0.3, 0.4) is 0 Å². The number of phenols is 1. The Hall–Kier alpha value is -3.72. The van der Waals surface area contributed by atoms with Crippen LogP contribution in [0.5, 0.6) is 5.75 Å². The van der Waals surface area contributed by atoms with Crippen molar-refractivity contribution in [1.82, 2.24) is 0 Å². The van der Waals surface area contributed by atoms with E-state index in [0.717, 1.165) is 0 Å². The number of phenolic OH excluding ortho intramolecular Hbond substituents is 1. The van der Waals surface area contributed by atoms with E-state index >= 15 is 0 Å². The lowest BCUT2D eigenvalue weighted by molar-refractivity contribution is -0.138. The molecule has 1 aliphatic heterocycles. The Labute approximate surface area is 156 Å². The van der Waals surface area contributed by atoms with Crippen LogP contribution in [0.25, 0.3) is 5.76 Å². The van der Waals surface area contributed by atoms with E-state index in [-0.39, 0.29) is 35.1 Å². The topological polar surface area (TPSA) is 106 Å². The molecule has 0 saturated heterocycles. The molecule has 27 heavy (non-hydrogen) atoms. The van der Waals surface area contributed by atoms with Crippen LogP contribution in [-0.4, -0.2) is 17.7 Å². The molecule has 0 bridgehead atoms. The highest BCUT2D eigenvalue weighted by molar-refractivity contribution is 5.99. The van der Waals surface area contributed by atoms with Crippen molar-refractivity contribution in [3.05, 3.63) is 82.8 Å². The van der Waals surface area contributed by atoms with E-state index in [4.69, 9.17) is 15.2 Å². The highest BCUT2D eigenvalue weighted by atomic mass is 16.5. The van der Waals surface area contributed by atoms with Gasteiger partial charge >= 0.3 is 5.97 Å². The van der Waals surface area contributed by atoms with Crippen molar-refractivity contribution < 1.29 is 19.4 Å². The Morgan fingerprint density at radius 3 is 2.48 bits per heavy atom. The first-order valence-electron chi connectivity index (χ1n) is 8.40. The smallest absolute Gasteiger partial charge is 0.338 e. The zero-order valence-electron chi connectivity index (χ0n) is 14.7. The molecule has 6 heteroatoms. The summed E-state index contributed by atoms with van der Waals surface area (Å²) in [6.45, 7) is 1.88. The van der Waals surface area contributed by atoms with Crippen LogP contribution in [0.1, 0.15) is 24.0 Å². The summed E-state index contributed by atoms with van der Waals surface area (Å²) >= 11 is 0. The molecule has 0 aromatic heterocycles. The molecule has 1 aliphatic rings. The van der Waals surface area contributed by atoms with Gasteiger partial charge in [-0.3, -0.25) is 0 Å². The lowest BCUT2D eigenvalue weighted by atomic mass is 9.82. The molecule has 3 N–H and O–H groups in total. The van der Waals surface area contributed by atoms with Crippen molar-refractivity contribution in [3.8, 4) is 11.8 Å². The van der Waals surface area contributed by atoms with Gasteiger partial charge < -0.3 is 20.3 Å². The fourth-order valence-corrected chi connectivity index (χ4v) is 2.98. The van der Waals surface area contributed by atoms with Crippen LogP contribution >= 0.6 is 0 Å². The summed E-state index contributed by atoms with van der Waals surface area (Å²) in [5, 5.41) is 19.2. The van der Waals surface area contributed by atoms with Gasteiger partial charge in [-0.2, -0.15) is 5.26 Å². The molecule has 0 spiro atoms. The lowest BCUT2D eigenvalue weighted by Crippen LogP contribution is -2.25.